The minimum atomic E-state index is -0.919. The van der Waals surface area contributed by atoms with Gasteiger partial charge in [-0.25, -0.2) is 4.79 Å². The molecule has 0 fully saturated rings. The third-order valence-corrected chi connectivity index (χ3v) is 4.32. The SMILES string of the molecule is O=C(O)c1ccc(CNc2ccccc2I)c(Br)c1. The largest absolute Gasteiger partial charge is 0.478 e. The smallest absolute Gasteiger partial charge is 0.335 e. The van der Waals surface area contributed by atoms with Crippen molar-refractivity contribution in [2.75, 3.05) is 5.32 Å². The van der Waals surface area contributed by atoms with Crippen LogP contribution in [0.25, 0.3) is 0 Å². The molecule has 0 bridgehead atoms. The third-order valence-electron chi connectivity index (χ3n) is 2.64. The van der Waals surface area contributed by atoms with Crippen LogP contribution in [0.2, 0.25) is 0 Å². The quantitative estimate of drug-likeness (QED) is 0.707. The molecule has 0 amide bonds. The second kappa shape index (κ2) is 6.38. The van der Waals surface area contributed by atoms with Crippen LogP contribution in [-0.2, 0) is 6.54 Å². The summed E-state index contributed by atoms with van der Waals surface area (Å²) in [7, 11) is 0. The van der Waals surface area contributed by atoms with Gasteiger partial charge in [-0.05, 0) is 52.4 Å². The van der Waals surface area contributed by atoms with E-state index in [0.717, 1.165) is 19.3 Å². The Morgan fingerprint density at radius 2 is 2.00 bits per heavy atom. The number of carbonyl (C=O) groups is 1. The lowest BCUT2D eigenvalue weighted by Gasteiger charge is -2.10. The van der Waals surface area contributed by atoms with Crippen molar-refractivity contribution in [1.82, 2.24) is 0 Å². The molecule has 2 rings (SSSR count). The van der Waals surface area contributed by atoms with Crippen LogP contribution < -0.4 is 5.32 Å². The van der Waals surface area contributed by atoms with E-state index in [4.69, 9.17) is 5.11 Å². The summed E-state index contributed by atoms with van der Waals surface area (Å²) >= 11 is 5.68. The van der Waals surface area contributed by atoms with Gasteiger partial charge in [-0.1, -0.05) is 34.1 Å². The molecule has 19 heavy (non-hydrogen) atoms. The molecule has 0 atom stereocenters. The second-order valence-corrected chi connectivity index (χ2v) is 5.96. The first-order valence-corrected chi connectivity index (χ1v) is 7.45. The molecular weight excluding hydrogens is 421 g/mol. The topological polar surface area (TPSA) is 49.3 Å². The van der Waals surface area contributed by atoms with E-state index in [1.54, 1.807) is 12.1 Å². The van der Waals surface area contributed by atoms with E-state index < -0.39 is 5.97 Å². The van der Waals surface area contributed by atoms with Crippen molar-refractivity contribution in [3.05, 3.63) is 61.6 Å². The predicted octanol–water partition coefficient (Wildman–Crippen LogP) is 4.36. The van der Waals surface area contributed by atoms with Gasteiger partial charge >= 0.3 is 5.97 Å². The lowest BCUT2D eigenvalue weighted by Crippen LogP contribution is -2.03. The minimum absolute atomic E-state index is 0.282. The van der Waals surface area contributed by atoms with Crippen molar-refractivity contribution in [3.8, 4) is 0 Å². The highest BCUT2D eigenvalue weighted by Gasteiger charge is 2.07. The van der Waals surface area contributed by atoms with Gasteiger partial charge in [0.15, 0.2) is 0 Å². The van der Waals surface area contributed by atoms with Gasteiger partial charge in [-0.3, -0.25) is 0 Å². The number of benzene rings is 2. The highest BCUT2D eigenvalue weighted by atomic mass is 127. The number of nitrogens with one attached hydrogen (secondary N) is 1. The van der Waals surface area contributed by atoms with Crippen molar-refractivity contribution in [2.24, 2.45) is 0 Å². The average Bonchev–Trinajstić information content (AvgIpc) is 2.39. The first-order valence-electron chi connectivity index (χ1n) is 5.58. The molecule has 0 saturated carbocycles. The van der Waals surface area contributed by atoms with E-state index in [1.165, 1.54) is 0 Å². The van der Waals surface area contributed by atoms with Crippen LogP contribution in [0.15, 0.2) is 46.9 Å². The normalized spacial score (nSPS) is 10.2. The third kappa shape index (κ3) is 3.70. The minimum Gasteiger partial charge on any atom is -0.478 e. The van der Waals surface area contributed by atoms with Gasteiger partial charge in [0.05, 0.1) is 5.56 Å². The van der Waals surface area contributed by atoms with Crippen molar-refractivity contribution in [3.63, 3.8) is 0 Å². The van der Waals surface area contributed by atoms with E-state index >= 15 is 0 Å². The second-order valence-electron chi connectivity index (χ2n) is 3.94. The molecule has 0 aliphatic heterocycles. The van der Waals surface area contributed by atoms with Gasteiger partial charge in [0.1, 0.15) is 0 Å². The molecule has 0 radical (unpaired) electrons. The van der Waals surface area contributed by atoms with Gasteiger partial charge in [-0.2, -0.15) is 0 Å². The Bertz CT molecular complexity index is 616. The molecule has 0 saturated heterocycles. The van der Waals surface area contributed by atoms with Crippen LogP contribution in [0.1, 0.15) is 15.9 Å². The monoisotopic (exact) mass is 431 g/mol. The zero-order valence-corrected chi connectivity index (χ0v) is 13.6. The molecule has 3 nitrogen and oxygen atoms in total. The molecule has 98 valence electrons. The Kier molecular flexibility index (Phi) is 4.81. The maximum absolute atomic E-state index is 10.9. The molecule has 0 spiro atoms. The number of rotatable bonds is 4. The summed E-state index contributed by atoms with van der Waals surface area (Å²) in [5.41, 5.74) is 2.37. The van der Waals surface area contributed by atoms with Crippen molar-refractivity contribution in [2.45, 2.75) is 6.54 Å². The van der Waals surface area contributed by atoms with Gasteiger partial charge < -0.3 is 10.4 Å². The number of carboxylic acids is 1. The van der Waals surface area contributed by atoms with Crippen molar-refractivity contribution in [1.29, 1.82) is 0 Å². The lowest BCUT2D eigenvalue weighted by molar-refractivity contribution is 0.0697. The molecular formula is C14H11BrINO2. The van der Waals surface area contributed by atoms with Crippen molar-refractivity contribution >= 4 is 50.2 Å². The van der Waals surface area contributed by atoms with Crippen molar-refractivity contribution < 1.29 is 9.90 Å². The zero-order chi connectivity index (χ0) is 13.8. The fourth-order valence-electron chi connectivity index (χ4n) is 1.62. The van der Waals surface area contributed by atoms with E-state index in [2.05, 4.69) is 43.8 Å². The Labute approximate surface area is 133 Å². The van der Waals surface area contributed by atoms with Gasteiger partial charge in [-0.15, -0.1) is 0 Å². The van der Waals surface area contributed by atoms with E-state index in [-0.39, 0.29) is 5.56 Å². The highest BCUT2D eigenvalue weighted by Crippen LogP contribution is 2.22. The molecule has 0 heterocycles. The summed E-state index contributed by atoms with van der Waals surface area (Å²) in [6.45, 7) is 0.639. The fraction of sp³-hybridized carbons (Fsp3) is 0.0714. The van der Waals surface area contributed by atoms with E-state index in [1.807, 2.05) is 30.3 Å². The summed E-state index contributed by atoms with van der Waals surface area (Å²) in [5.74, 6) is -0.919. The lowest BCUT2D eigenvalue weighted by atomic mass is 10.1. The zero-order valence-electron chi connectivity index (χ0n) is 9.86. The molecule has 0 aliphatic carbocycles. The molecule has 0 unspecified atom stereocenters. The molecule has 0 aromatic heterocycles. The van der Waals surface area contributed by atoms with Crippen LogP contribution >= 0.6 is 38.5 Å². The van der Waals surface area contributed by atoms with Crippen LogP contribution in [0, 0.1) is 3.57 Å². The van der Waals surface area contributed by atoms with Crippen LogP contribution in [0.3, 0.4) is 0 Å². The summed E-state index contributed by atoms with van der Waals surface area (Å²) < 4.78 is 1.95. The van der Waals surface area contributed by atoms with Crippen LogP contribution in [-0.4, -0.2) is 11.1 Å². The number of hydrogen-bond acceptors (Lipinski definition) is 2. The molecule has 2 aromatic rings. The molecule has 2 aromatic carbocycles. The fourth-order valence-corrected chi connectivity index (χ4v) is 2.72. The number of hydrogen-bond donors (Lipinski definition) is 2. The summed E-state index contributed by atoms with van der Waals surface area (Å²) in [5, 5.41) is 12.2. The Morgan fingerprint density at radius 3 is 2.63 bits per heavy atom. The molecule has 2 N–H and O–H groups in total. The van der Waals surface area contributed by atoms with Gasteiger partial charge in [0.2, 0.25) is 0 Å². The maximum Gasteiger partial charge on any atom is 0.335 e. The molecule has 0 aliphatic rings. The first kappa shape index (κ1) is 14.3. The standard InChI is InChI=1S/C14H11BrINO2/c15-11-7-9(14(18)19)5-6-10(11)8-17-13-4-2-1-3-12(13)16/h1-7,17H,8H2,(H,18,19). The highest BCUT2D eigenvalue weighted by molar-refractivity contribution is 14.1. The predicted molar refractivity (Wildman–Crippen MR) is 87.6 cm³/mol. The molecule has 5 heteroatoms. The van der Waals surface area contributed by atoms with E-state index in [9.17, 15) is 4.79 Å². The Hall–Kier alpha value is -1.08. The number of para-hydroxylation sites is 1. The summed E-state index contributed by atoms with van der Waals surface area (Å²) in [4.78, 5) is 10.9. The number of aromatic carboxylic acids is 1. The number of halogens is 2. The average molecular weight is 432 g/mol. The van der Waals surface area contributed by atoms with Gasteiger partial charge in [0.25, 0.3) is 0 Å². The maximum atomic E-state index is 10.9. The summed E-state index contributed by atoms with van der Waals surface area (Å²) in [6, 6.07) is 13.1. The Balaban J connectivity index is 2.12. The Morgan fingerprint density at radius 1 is 1.26 bits per heavy atom. The number of anilines is 1. The first-order chi connectivity index (χ1) is 9.08. The van der Waals surface area contributed by atoms with Gasteiger partial charge in [0, 0.05) is 20.3 Å². The number of carboxylic acid groups (broad SMARTS) is 1. The van der Waals surface area contributed by atoms with Crippen LogP contribution in [0.4, 0.5) is 5.69 Å². The van der Waals surface area contributed by atoms with Crippen LogP contribution in [0.5, 0.6) is 0 Å². The summed E-state index contributed by atoms with van der Waals surface area (Å²) in [6.07, 6.45) is 0. The van der Waals surface area contributed by atoms with E-state index in [0.29, 0.717) is 6.54 Å².